The summed E-state index contributed by atoms with van der Waals surface area (Å²) < 4.78 is 4.98. The quantitative estimate of drug-likeness (QED) is 0.0212. The van der Waals surface area contributed by atoms with Crippen molar-refractivity contribution < 1.29 is 60.3 Å². The molecule has 0 aliphatic heterocycles. The monoisotopic (exact) mass is 899 g/mol. The minimum atomic E-state index is -1.78. The SMILES string of the molecule is CC(C)=CCC[C@@](C)(O)CCC[C@@](C)(O)CCC[C@@](C)(O)CCC[C@@](C)(O)CCC[C@@](C)(O)CCC/C(C)=C/CC/C(C)=C/CC[C@@](C)(O)[C@H](O)COC(=O)C[C@@](C)(O)CC(=O)O. The van der Waals surface area contributed by atoms with Crippen molar-refractivity contribution in [2.75, 3.05) is 6.61 Å². The summed E-state index contributed by atoms with van der Waals surface area (Å²) in [4.78, 5) is 22.8. The van der Waals surface area contributed by atoms with Crippen LogP contribution in [0.1, 0.15) is 224 Å². The van der Waals surface area contributed by atoms with Gasteiger partial charge in [-0.05, 0) is 211 Å². The number of carboxylic acid groups (broad SMARTS) is 1. The van der Waals surface area contributed by atoms with Gasteiger partial charge in [-0.15, -0.1) is 0 Å². The molecule has 0 aromatic rings. The molecule has 0 aromatic carbocycles. The van der Waals surface area contributed by atoms with Crippen molar-refractivity contribution in [2.24, 2.45) is 0 Å². The molecule has 0 spiro atoms. The zero-order chi connectivity index (χ0) is 48.8. The number of hydrogen-bond acceptors (Lipinski definition) is 11. The lowest BCUT2D eigenvalue weighted by Gasteiger charge is -2.30. The molecule has 0 heterocycles. The average molecular weight is 899 g/mol. The van der Waals surface area contributed by atoms with Crippen LogP contribution in [0.4, 0.5) is 0 Å². The zero-order valence-corrected chi connectivity index (χ0v) is 41.5. The van der Waals surface area contributed by atoms with Crippen molar-refractivity contribution in [2.45, 2.75) is 269 Å². The molecule has 0 unspecified atom stereocenters. The number of aliphatic carboxylic acids is 1. The summed E-state index contributed by atoms with van der Waals surface area (Å²) in [6, 6.07) is 0. The topological polar surface area (TPSA) is 225 Å². The van der Waals surface area contributed by atoms with Crippen molar-refractivity contribution >= 4 is 11.9 Å². The van der Waals surface area contributed by atoms with Crippen molar-refractivity contribution in [1.82, 2.24) is 0 Å². The number of hydrogen-bond donors (Lipinski definition) is 9. The first kappa shape index (κ1) is 60.8. The van der Waals surface area contributed by atoms with E-state index >= 15 is 0 Å². The number of rotatable bonds is 36. The van der Waals surface area contributed by atoms with Crippen LogP contribution in [0, 0.1) is 0 Å². The molecule has 0 aromatic heterocycles. The molecule has 9 N–H and O–H groups in total. The fourth-order valence-electron chi connectivity index (χ4n) is 8.07. The minimum absolute atomic E-state index is 0.231. The van der Waals surface area contributed by atoms with Crippen molar-refractivity contribution in [1.29, 1.82) is 0 Å². The van der Waals surface area contributed by atoms with Gasteiger partial charge in [-0.3, -0.25) is 9.59 Å². The third-order valence-electron chi connectivity index (χ3n) is 12.6. The van der Waals surface area contributed by atoms with E-state index in [0.29, 0.717) is 89.9 Å². The summed E-state index contributed by atoms with van der Waals surface area (Å²) in [6.07, 6.45) is 17.6. The molecule has 63 heavy (non-hydrogen) atoms. The van der Waals surface area contributed by atoms with E-state index in [2.05, 4.69) is 32.9 Å². The Kier molecular flexibility index (Phi) is 27.2. The lowest BCUT2D eigenvalue weighted by molar-refractivity contribution is -0.159. The number of esters is 1. The van der Waals surface area contributed by atoms with Crippen LogP contribution in [0.5, 0.6) is 0 Å². The summed E-state index contributed by atoms with van der Waals surface area (Å²) in [5, 5.41) is 94.8. The Balaban J connectivity index is 4.46. The van der Waals surface area contributed by atoms with Crippen LogP contribution in [0.3, 0.4) is 0 Å². The van der Waals surface area contributed by atoms with E-state index in [1.165, 1.54) is 25.0 Å². The third kappa shape index (κ3) is 33.0. The van der Waals surface area contributed by atoms with Crippen molar-refractivity contribution in [3.05, 3.63) is 34.9 Å². The number of carbonyl (C=O) groups excluding carboxylic acids is 1. The van der Waals surface area contributed by atoms with E-state index in [9.17, 15) is 50.4 Å². The van der Waals surface area contributed by atoms with E-state index < -0.39 is 76.7 Å². The molecule has 0 amide bonds. The normalized spacial score (nSPS) is 19.9. The zero-order valence-electron chi connectivity index (χ0n) is 41.5. The molecule has 0 aliphatic carbocycles. The molecule has 0 radical (unpaired) electrons. The number of aliphatic hydroxyl groups excluding tert-OH is 1. The second-order valence-electron chi connectivity index (χ2n) is 21.6. The molecule has 0 fully saturated rings. The molecule has 0 bridgehead atoms. The predicted molar refractivity (Wildman–Crippen MR) is 252 cm³/mol. The van der Waals surface area contributed by atoms with Gasteiger partial charge in [0.15, 0.2) is 0 Å². The first-order valence-corrected chi connectivity index (χ1v) is 23.7. The van der Waals surface area contributed by atoms with Gasteiger partial charge >= 0.3 is 11.9 Å². The first-order valence-electron chi connectivity index (χ1n) is 23.7. The maximum Gasteiger partial charge on any atom is 0.308 e. The second-order valence-corrected chi connectivity index (χ2v) is 21.6. The van der Waals surface area contributed by atoms with Gasteiger partial charge in [-0.25, -0.2) is 0 Å². The maximum atomic E-state index is 12.0. The van der Waals surface area contributed by atoms with Crippen molar-refractivity contribution in [3.8, 4) is 0 Å². The minimum Gasteiger partial charge on any atom is -0.481 e. The Bertz CT molecular complexity index is 1410. The number of aliphatic hydroxyl groups is 8. The smallest absolute Gasteiger partial charge is 0.308 e. The van der Waals surface area contributed by atoms with Crippen LogP contribution in [0.25, 0.3) is 0 Å². The molecule has 0 rings (SSSR count). The third-order valence-corrected chi connectivity index (χ3v) is 12.6. The highest BCUT2D eigenvalue weighted by atomic mass is 16.5. The fraction of sp³-hybridized carbons (Fsp3) is 0.843. The Labute approximate surface area is 382 Å². The largest absolute Gasteiger partial charge is 0.481 e. The highest BCUT2D eigenvalue weighted by Crippen LogP contribution is 2.31. The van der Waals surface area contributed by atoms with Gasteiger partial charge in [0.05, 0.1) is 52.0 Å². The summed E-state index contributed by atoms with van der Waals surface area (Å²) in [5.41, 5.74) is -3.86. The molecule has 0 saturated heterocycles. The average Bonchev–Trinajstić information content (AvgIpc) is 3.08. The van der Waals surface area contributed by atoms with E-state index in [1.54, 1.807) is 0 Å². The summed E-state index contributed by atoms with van der Waals surface area (Å²) in [5.74, 6) is -2.12. The fourth-order valence-corrected chi connectivity index (χ4v) is 8.07. The molecule has 0 aliphatic rings. The van der Waals surface area contributed by atoms with Gasteiger partial charge in [-0.2, -0.15) is 0 Å². The number of allylic oxidation sites excluding steroid dienone is 6. The maximum absolute atomic E-state index is 12.0. The van der Waals surface area contributed by atoms with E-state index in [-0.39, 0.29) is 6.42 Å². The van der Waals surface area contributed by atoms with Crippen LogP contribution < -0.4 is 0 Å². The molecule has 8 atom stereocenters. The first-order chi connectivity index (χ1) is 28.7. The van der Waals surface area contributed by atoms with Crippen molar-refractivity contribution in [3.63, 3.8) is 0 Å². The molecular formula is C51H94O12. The highest BCUT2D eigenvalue weighted by Gasteiger charge is 2.33. The van der Waals surface area contributed by atoms with Gasteiger partial charge in [-0.1, -0.05) is 34.9 Å². The van der Waals surface area contributed by atoms with Crippen LogP contribution in [0.2, 0.25) is 0 Å². The van der Waals surface area contributed by atoms with Gasteiger partial charge < -0.3 is 50.7 Å². The predicted octanol–water partition coefficient (Wildman–Crippen LogP) is 9.06. The Hall–Kier alpha value is -2.16. The van der Waals surface area contributed by atoms with Crippen LogP contribution in [0.15, 0.2) is 34.9 Å². The van der Waals surface area contributed by atoms with Crippen LogP contribution in [-0.4, -0.2) is 110 Å². The van der Waals surface area contributed by atoms with Gasteiger partial charge in [0.25, 0.3) is 0 Å². The molecule has 12 heteroatoms. The van der Waals surface area contributed by atoms with Gasteiger partial charge in [0.1, 0.15) is 12.7 Å². The summed E-state index contributed by atoms with van der Waals surface area (Å²) >= 11 is 0. The standard InChI is InChI=1S/C51H94O12/c1-39(2)20-13-25-45(5,56)27-16-29-47(7,58)31-18-33-49(9,60)34-19-32-48(8,59)30-17-28-46(6,57)26-14-23-40(3)21-12-22-41(4)24-15-35-51(11,62)42(52)38-63-44(55)37-50(10,61)36-43(53)54/h20-21,24,42,52,56-62H,12-19,22-23,25-38H2,1-11H3,(H,53,54)/b40-21+,41-24+/t42-,45-,46+,47-,48+,49-,50+,51-/m1/s1. The van der Waals surface area contributed by atoms with Crippen LogP contribution in [-0.2, 0) is 14.3 Å². The van der Waals surface area contributed by atoms with Gasteiger partial charge in [0, 0.05) is 0 Å². The Morgan fingerprint density at radius 1 is 0.476 bits per heavy atom. The Morgan fingerprint density at radius 2 is 0.841 bits per heavy atom. The lowest BCUT2D eigenvalue weighted by atomic mass is 9.84. The van der Waals surface area contributed by atoms with E-state index in [1.807, 2.05) is 47.6 Å². The molecule has 0 saturated carbocycles. The lowest BCUT2D eigenvalue weighted by Crippen LogP contribution is -2.43. The van der Waals surface area contributed by atoms with E-state index in [4.69, 9.17) is 9.84 Å². The molecule has 370 valence electrons. The van der Waals surface area contributed by atoms with Crippen LogP contribution >= 0.6 is 0 Å². The number of carboxylic acids is 1. The number of carbonyl (C=O) groups is 2. The molecular weight excluding hydrogens is 805 g/mol. The highest BCUT2D eigenvalue weighted by molar-refractivity contribution is 5.73. The van der Waals surface area contributed by atoms with E-state index in [0.717, 1.165) is 44.1 Å². The summed E-state index contributed by atoms with van der Waals surface area (Å²) in [7, 11) is 0. The number of ether oxygens (including phenoxy) is 1. The summed E-state index contributed by atoms with van der Waals surface area (Å²) in [6.45, 7) is 19.6. The molecule has 12 nitrogen and oxygen atoms in total. The Morgan fingerprint density at radius 3 is 1.25 bits per heavy atom. The second kappa shape index (κ2) is 28.1. The van der Waals surface area contributed by atoms with Gasteiger partial charge in [0.2, 0.25) is 0 Å².